The van der Waals surface area contributed by atoms with Gasteiger partial charge >= 0.3 is 5.97 Å². The second-order valence-electron chi connectivity index (χ2n) is 4.21. The monoisotopic (exact) mass is 283 g/mol. The number of rotatable bonds is 4. The van der Waals surface area contributed by atoms with Gasteiger partial charge in [0.1, 0.15) is 6.04 Å². The first kappa shape index (κ1) is 14.0. The summed E-state index contributed by atoms with van der Waals surface area (Å²) in [5, 5.41) is 12.2. The highest BCUT2D eigenvalue weighted by molar-refractivity contribution is 7.99. The zero-order valence-electron chi connectivity index (χ0n) is 10.9. The summed E-state index contributed by atoms with van der Waals surface area (Å²) in [7, 11) is 3.18. The van der Waals surface area contributed by atoms with Crippen molar-refractivity contribution in [2.24, 2.45) is 0 Å². The summed E-state index contributed by atoms with van der Waals surface area (Å²) in [4.78, 5) is 11.0. The molecule has 19 heavy (non-hydrogen) atoms. The molecule has 5 nitrogen and oxygen atoms in total. The summed E-state index contributed by atoms with van der Waals surface area (Å²) in [5.74, 6) is 1.34. The van der Waals surface area contributed by atoms with Crippen LogP contribution in [0.5, 0.6) is 11.5 Å². The lowest BCUT2D eigenvalue weighted by Crippen LogP contribution is -2.41. The lowest BCUT2D eigenvalue weighted by atomic mass is 10.1. The smallest absolute Gasteiger partial charge is 0.320 e. The zero-order chi connectivity index (χ0) is 13.8. The van der Waals surface area contributed by atoms with E-state index >= 15 is 0 Å². The van der Waals surface area contributed by atoms with Crippen LogP contribution in [0.1, 0.15) is 17.4 Å². The third-order valence-corrected chi connectivity index (χ3v) is 4.27. The Morgan fingerprint density at radius 3 is 2.74 bits per heavy atom. The van der Waals surface area contributed by atoms with Crippen molar-refractivity contribution in [3.8, 4) is 11.5 Å². The van der Waals surface area contributed by atoms with Gasteiger partial charge in [0.05, 0.1) is 19.6 Å². The van der Waals surface area contributed by atoms with Crippen LogP contribution >= 0.6 is 11.8 Å². The van der Waals surface area contributed by atoms with Crippen LogP contribution in [0.15, 0.2) is 18.2 Å². The molecule has 2 unspecified atom stereocenters. The third kappa shape index (κ3) is 3.13. The molecule has 0 aromatic heterocycles. The average Bonchev–Trinajstić information content (AvgIpc) is 2.46. The van der Waals surface area contributed by atoms with E-state index in [2.05, 4.69) is 5.32 Å². The Labute approximate surface area is 116 Å². The molecule has 1 heterocycles. The number of hydrogen-bond donors (Lipinski definition) is 2. The summed E-state index contributed by atoms with van der Waals surface area (Å²) in [6.07, 6.45) is 0.643. The standard InChI is InChI=1S/C13H17NO4S/c1-17-10-4-3-8(7-11(10)18-2)12-14-9(13(15)16)5-6-19-12/h3-4,7,9,12,14H,5-6H2,1-2H3,(H,15,16). The fourth-order valence-electron chi connectivity index (χ4n) is 2.02. The fraction of sp³-hybridized carbons (Fsp3) is 0.462. The maximum Gasteiger partial charge on any atom is 0.320 e. The second-order valence-corrected chi connectivity index (χ2v) is 5.42. The Hall–Kier alpha value is -1.40. The predicted octanol–water partition coefficient (Wildman–Crippen LogP) is 1.88. The van der Waals surface area contributed by atoms with Gasteiger partial charge < -0.3 is 14.6 Å². The number of methoxy groups -OCH3 is 2. The minimum atomic E-state index is -0.800. The molecular weight excluding hydrogens is 266 g/mol. The highest BCUT2D eigenvalue weighted by atomic mass is 32.2. The predicted molar refractivity (Wildman–Crippen MR) is 73.9 cm³/mol. The minimum absolute atomic E-state index is 0.0327. The molecule has 104 valence electrons. The molecule has 2 N–H and O–H groups in total. The van der Waals surface area contributed by atoms with Crippen molar-refractivity contribution in [3.05, 3.63) is 23.8 Å². The molecule has 0 bridgehead atoms. The minimum Gasteiger partial charge on any atom is -0.493 e. The molecule has 1 aromatic carbocycles. The van der Waals surface area contributed by atoms with Gasteiger partial charge in [-0.05, 0) is 29.9 Å². The summed E-state index contributed by atoms with van der Waals surface area (Å²) in [6, 6.07) is 5.16. The molecule has 0 saturated carbocycles. The molecule has 2 rings (SSSR count). The van der Waals surface area contributed by atoms with Crippen molar-refractivity contribution in [1.29, 1.82) is 0 Å². The molecule has 0 radical (unpaired) electrons. The van der Waals surface area contributed by atoms with Crippen molar-refractivity contribution >= 4 is 17.7 Å². The van der Waals surface area contributed by atoms with Crippen LogP contribution in [0.3, 0.4) is 0 Å². The van der Waals surface area contributed by atoms with Crippen LogP contribution < -0.4 is 14.8 Å². The Bertz CT molecular complexity index is 466. The van der Waals surface area contributed by atoms with Crippen LogP contribution in [0.4, 0.5) is 0 Å². The lowest BCUT2D eigenvalue weighted by Gasteiger charge is -2.28. The van der Waals surface area contributed by atoms with E-state index in [4.69, 9.17) is 14.6 Å². The molecule has 2 atom stereocenters. The van der Waals surface area contributed by atoms with Gasteiger partial charge in [-0.2, -0.15) is 0 Å². The molecule has 1 aromatic rings. The third-order valence-electron chi connectivity index (χ3n) is 3.05. The van der Waals surface area contributed by atoms with Crippen LogP contribution in [-0.4, -0.2) is 37.1 Å². The van der Waals surface area contributed by atoms with Gasteiger partial charge in [0.25, 0.3) is 0 Å². The number of hydrogen-bond acceptors (Lipinski definition) is 5. The van der Waals surface area contributed by atoms with Gasteiger partial charge in [0.2, 0.25) is 0 Å². The van der Waals surface area contributed by atoms with E-state index < -0.39 is 12.0 Å². The van der Waals surface area contributed by atoms with Crippen LogP contribution in [0.2, 0.25) is 0 Å². The van der Waals surface area contributed by atoms with E-state index in [0.717, 1.165) is 11.3 Å². The summed E-state index contributed by atoms with van der Waals surface area (Å²) >= 11 is 1.70. The number of carbonyl (C=O) groups is 1. The van der Waals surface area contributed by atoms with Crippen molar-refractivity contribution in [2.45, 2.75) is 17.8 Å². The number of benzene rings is 1. The summed E-state index contributed by atoms with van der Waals surface area (Å²) in [5.41, 5.74) is 0.994. The van der Waals surface area contributed by atoms with Crippen LogP contribution in [0, 0.1) is 0 Å². The number of carboxylic acid groups (broad SMARTS) is 1. The Morgan fingerprint density at radius 1 is 1.37 bits per heavy atom. The fourth-order valence-corrected chi connectivity index (χ4v) is 3.23. The van der Waals surface area contributed by atoms with Crippen LogP contribution in [-0.2, 0) is 4.79 Å². The normalized spacial score (nSPS) is 22.8. The molecule has 1 aliphatic heterocycles. The first-order chi connectivity index (χ1) is 9.15. The Balaban J connectivity index is 2.19. The molecule has 1 fully saturated rings. The number of ether oxygens (including phenoxy) is 2. The van der Waals surface area contributed by atoms with Gasteiger partial charge in [0, 0.05) is 0 Å². The molecular formula is C13H17NO4S. The number of carboxylic acids is 1. The average molecular weight is 283 g/mol. The number of nitrogens with one attached hydrogen (secondary N) is 1. The highest BCUT2D eigenvalue weighted by Gasteiger charge is 2.27. The largest absolute Gasteiger partial charge is 0.493 e. The SMILES string of the molecule is COc1ccc(C2NC(C(=O)O)CCS2)cc1OC. The second kappa shape index (κ2) is 6.16. The number of thioether (sulfide) groups is 1. The van der Waals surface area contributed by atoms with E-state index in [1.54, 1.807) is 26.0 Å². The van der Waals surface area contributed by atoms with Crippen molar-refractivity contribution in [2.75, 3.05) is 20.0 Å². The van der Waals surface area contributed by atoms with Crippen molar-refractivity contribution in [3.63, 3.8) is 0 Å². The Morgan fingerprint density at radius 2 is 2.11 bits per heavy atom. The molecule has 1 saturated heterocycles. The Kier molecular flexibility index (Phi) is 4.55. The van der Waals surface area contributed by atoms with Gasteiger partial charge in [0.15, 0.2) is 11.5 Å². The van der Waals surface area contributed by atoms with E-state index in [1.165, 1.54) is 0 Å². The molecule has 0 amide bonds. The number of aliphatic carboxylic acids is 1. The van der Waals surface area contributed by atoms with Crippen molar-refractivity contribution in [1.82, 2.24) is 5.32 Å². The lowest BCUT2D eigenvalue weighted by molar-refractivity contribution is -0.139. The maximum absolute atomic E-state index is 11.0. The van der Waals surface area contributed by atoms with Gasteiger partial charge in [-0.25, -0.2) is 0 Å². The van der Waals surface area contributed by atoms with Gasteiger partial charge in [-0.3, -0.25) is 10.1 Å². The van der Waals surface area contributed by atoms with Gasteiger partial charge in [-0.1, -0.05) is 6.07 Å². The first-order valence-corrected chi connectivity index (χ1v) is 7.03. The summed E-state index contributed by atoms with van der Waals surface area (Å²) < 4.78 is 10.5. The molecule has 0 aliphatic carbocycles. The van der Waals surface area contributed by atoms with Gasteiger partial charge in [-0.15, -0.1) is 11.8 Å². The van der Waals surface area contributed by atoms with E-state index in [0.29, 0.717) is 17.9 Å². The quantitative estimate of drug-likeness (QED) is 0.879. The van der Waals surface area contributed by atoms with E-state index in [1.807, 2.05) is 18.2 Å². The topological polar surface area (TPSA) is 67.8 Å². The molecule has 1 aliphatic rings. The highest BCUT2D eigenvalue weighted by Crippen LogP contribution is 2.36. The zero-order valence-corrected chi connectivity index (χ0v) is 11.7. The molecule has 0 spiro atoms. The maximum atomic E-state index is 11.0. The van der Waals surface area contributed by atoms with Crippen molar-refractivity contribution < 1.29 is 19.4 Å². The molecule has 6 heteroatoms. The van der Waals surface area contributed by atoms with E-state index in [9.17, 15) is 4.79 Å². The first-order valence-electron chi connectivity index (χ1n) is 5.98. The van der Waals surface area contributed by atoms with E-state index in [-0.39, 0.29) is 5.37 Å². The summed E-state index contributed by atoms with van der Waals surface area (Å²) in [6.45, 7) is 0. The van der Waals surface area contributed by atoms with Crippen LogP contribution in [0.25, 0.3) is 0 Å².